The van der Waals surface area contributed by atoms with Gasteiger partial charge in [-0.3, -0.25) is 9.59 Å². The van der Waals surface area contributed by atoms with Crippen molar-refractivity contribution >= 4 is 23.2 Å². The third-order valence-electron chi connectivity index (χ3n) is 5.61. The second kappa shape index (κ2) is 11.6. The predicted molar refractivity (Wildman–Crippen MR) is 125 cm³/mol. The number of rotatable bonds is 11. The summed E-state index contributed by atoms with van der Waals surface area (Å²) < 4.78 is 5.22. The fourth-order valence-electron chi connectivity index (χ4n) is 3.81. The summed E-state index contributed by atoms with van der Waals surface area (Å²) in [6.07, 6.45) is 5.22. The molecule has 1 fully saturated rings. The topological polar surface area (TPSA) is 100 Å². The molecule has 2 N–H and O–H groups in total. The Morgan fingerprint density at radius 1 is 1.22 bits per heavy atom. The highest BCUT2D eigenvalue weighted by atomic mass is 16.5. The van der Waals surface area contributed by atoms with Crippen molar-refractivity contribution in [3.05, 3.63) is 36.0 Å². The minimum atomic E-state index is -0.557. The summed E-state index contributed by atoms with van der Waals surface area (Å²) >= 11 is 0. The van der Waals surface area contributed by atoms with Gasteiger partial charge >= 0.3 is 0 Å². The Labute approximate surface area is 190 Å². The van der Waals surface area contributed by atoms with E-state index in [2.05, 4.69) is 31.7 Å². The van der Waals surface area contributed by atoms with Crippen LogP contribution >= 0.6 is 0 Å². The maximum absolute atomic E-state index is 12.9. The van der Waals surface area contributed by atoms with Gasteiger partial charge in [0.05, 0.1) is 0 Å². The van der Waals surface area contributed by atoms with Crippen molar-refractivity contribution in [3.8, 4) is 0 Å². The Morgan fingerprint density at radius 2 is 2.00 bits per heavy atom. The molecule has 32 heavy (non-hydrogen) atoms. The van der Waals surface area contributed by atoms with Crippen LogP contribution in [0.2, 0.25) is 0 Å². The molecule has 0 bridgehead atoms. The van der Waals surface area contributed by atoms with Crippen LogP contribution in [0.3, 0.4) is 0 Å². The van der Waals surface area contributed by atoms with Gasteiger partial charge in [0.25, 0.3) is 0 Å². The van der Waals surface area contributed by atoms with Crippen LogP contribution in [-0.2, 0) is 16.0 Å². The molecule has 1 atom stereocenters. The van der Waals surface area contributed by atoms with Crippen LogP contribution in [-0.4, -0.2) is 41.1 Å². The van der Waals surface area contributed by atoms with Gasteiger partial charge in [-0.15, -0.1) is 0 Å². The largest absolute Gasteiger partial charge is 0.371 e. The van der Waals surface area contributed by atoms with Crippen LogP contribution in [0.25, 0.3) is 0 Å². The number of carbonyl (C=O) groups excluding carboxylic acids is 2. The second-order valence-electron chi connectivity index (χ2n) is 8.70. The smallest absolute Gasteiger partial charge is 0.246 e. The Balaban J connectivity index is 1.49. The van der Waals surface area contributed by atoms with Crippen LogP contribution in [0.1, 0.15) is 76.9 Å². The summed E-state index contributed by atoms with van der Waals surface area (Å²) in [6, 6.07) is 7.36. The Hall–Kier alpha value is -2.90. The van der Waals surface area contributed by atoms with Gasteiger partial charge in [0.15, 0.2) is 5.82 Å². The van der Waals surface area contributed by atoms with Crippen LogP contribution in [0.5, 0.6) is 0 Å². The van der Waals surface area contributed by atoms with E-state index >= 15 is 0 Å². The van der Waals surface area contributed by atoms with Crippen LogP contribution in [0.15, 0.2) is 28.8 Å². The van der Waals surface area contributed by atoms with Crippen LogP contribution in [0.4, 0.5) is 11.4 Å². The molecule has 1 aromatic carbocycles. The zero-order valence-corrected chi connectivity index (χ0v) is 19.4. The fourth-order valence-corrected chi connectivity index (χ4v) is 3.81. The van der Waals surface area contributed by atoms with Gasteiger partial charge in [0, 0.05) is 43.2 Å². The van der Waals surface area contributed by atoms with Crippen molar-refractivity contribution in [1.82, 2.24) is 15.5 Å². The third kappa shape index (κ3) is 6.80. The van der Waals surface area contributed by atoms with Crippen molar-refractivity contribution in [2.24, 2.45) is 0 Å². The molecule has 1 aliphatic rings. The van der Waals surface area contributed by atoms with Gasteiger partial charge in [-0.25, -0.2) is 0 Å². The van der Waals surface area contributed by atoms with Crippen LogP contribution < -0.4 is 15.5 Å². The molecule has 1 aromatic heterocycles. The van der Waals surface area contributed by atoms with Crippen molar-refractivity contribution in [3.63, 3.8) is 0 Å². The number of nitrogens with zero attached hydrogens (tertiary/aromatic N) is 3. The number of benzene rings is 1. The van der Waals surface area contributed by atoms with Gasteiger partial charge in [-0.05, 0) is 43.9 Å². The van der Waals surface area contributed by atoms with Gasteiger partial charge in [-0.2, -0.15) is 4.98 Å². The first-order valence-corrected chi connectivity index (χ1v) is 11.7. The van der Waals surface area contributed by atoms with Crippen molar-refractivity contribution in [2.75, 3.05) is 23.3 Å². The number of nitrogens with one attached hydrogen (secondary N) is 2. The number of aryl methyl sites for hydroxylation is 1. The highest BCUT2D eigenvalue weighted by Crippen LogP contribution is 2.23. The zero-order chi connectivity index (χ0) is 22.9. The summed E-state index contributed by atoms with van der Waals surface area (Å²) in [5, 5.41) is 9.80. The van der Waals surface area contributed by atoms with E-state index in [0.717, 1.165) is 30.9 Å². The molecule has 0 saturated carbocycles. The SMILES string of the molecule is CCCC(NC(=O)CCCc1nc(C(C)C)no1)C(=O)Nc1cccc(N2CCCC2)c1. The van der Waals surface area contributed by atoms with E-state index in [1.807, 2.05) is 39.0 Å². The van der Waals surface area contributed by atoms with E-state index in [9.17, 15) is 9.59 Å². The second-order valence-corrected chi connectivity index (χ2v) is 8.70. The van der Waals surface area contributed by atoms with E-state index in [1.165, 1.54) is 12.8 Å². The van der Waals surface area contributed by atoms with Crippen LogP contribution in [0, 0.1) is 0 Å². The fraction of sp³-hybridized carbons (Fsp3) is 0.583. The average Bonchev–Trinajstić information content (AvgIpc) is 3.46. The summed E-state index contributed by atoms with van der Waals surface area (Å²) in [5.41, 5.74) is 1.88. The van der Waals surface area contributed by atoms with Gasteiger partial charge < -0.3 is 20.1 Å². The Kier molecular flexibility index (Phi) is 8.64. The first kappa shape index (κ1) is 23.8. The zero-order valence-electron chi connectivity index (χ0n) is 19.4. The summed E-state index contributed by atoms with van der Waals surface area (Å²) in [6.45, 7) is 8.11. The number of anilines is 2. The standard InChI is InChI=1S/C24H35N5O3/c1-4-9-20(26-21(30)12-8-13-22-27-23(17(2)3)28-32-22)24(31)25-18-10-7-11-19(16-18)29-14-5-6-15-29/h7,10-11,16-17,20H,4-6,8-9,12-15H2,1-3H3,(H,25,31)(H,26,30). The highest BCUT2D eigenvalue weighted by Gasteiger charge is 2.21. The number of aromatic nitrogens is 2. The van der Waals surface area contributed by atoms with E-state index < -0.39 is 6.04 Å². The van der Waals surface area contributed by atoms with E-state index in [0.29, 0.717) is 37.4 Å². The lowest BCUT2D eigenvalue weighted by Gasteiger charge is -2.20. The summed E-state index contributed by atoms with van der Waals surface area (Å²) in [4.78, 5) is 32.0. The molecular formula is C24H35N5O3. The number of hydrogen-bond acceptors (Lipinski definition) is 6. The quantitative estimate of drug-likeness (QED) is 0.546. The van der Waals surface area contributed by atoms with E-state index in [4.69, 9.17) is 4.52 Å². The molecule has 0 spiro atoms. The minimum absolute atomic E-state index is 0.145. The molecule has 1 aliphatic heterocycles. The predicted octanol–water partition coefficient (Wildman–Crippen LogP) is 4.04. The monoisotopic (exact) mass is 441 g/mol. The first-order chi connectivity index (χ1) is 15.5. The highest BCUT2D eigenvalue weighted by molar-refractivity contribution is 5.97. The van der Waals surface area contributed by atoms with Gasteiger partial charge in [0.2, 0.25) is 17.7 Å². The molecule has 1 unspecified atom stereocenters. The summed E-state index contributed by atoms with van der Waals surface area (Å²) in [5.74, 6) is 1.10. The molecular weight excluding hydrogens is 406 g/mol. The van der Waals surface area contributed by atoms with Crippen molar-refractivity contribution < 1.29 is 14.1 Å². The molecule has 8 heteroatoms. The molecule has 0 radical (unpaired) electrons. The molecule has 1 saturated heterocycles. The molecule has 3 rings (SSSR count). The maximum atomic E-state index is 12.9. The van der Waals surface area contributed by atoms with Crippen molar-refractivity contribution in [2.45, 2.75) is 77.7 Å². The lowest BCUT2D eigenvalue weighted by atomic mass is 10.1. The minimum Gasteiger partial charge on any atom is -0.371 e. The normalized spacial score (nSPS) is 14.6. The molecule has 174 valence electrons. The average molecular weight is 442 g/mol. The third-order valence-corrected chi connectivity index (χ3v) is 5.61. The van der Waals surface area contributed by atoms with Gasteiger partial charge in [0.1, 0.15) is 6.04 Å². The van der Waals surface area contributed by atoms with E-state index in [-0.39, 0.29) is 17.7 Å². The Bertz CT molecular complexity index is 889. The molecule has 2 heterocycles. The first-order valence-electron chi connectivity index (χ1n) is 11.7. The van der Waals surface area contributed by atoms with Crippen molar-refractivity contribution in [1.29, 1.82) is 0 Å². The van der Waals surface area contributed by atoms with E-state index in [1.54, 1.807) is 0 Å². The van der Waals surface area contributed by atoms with Gasteiger partial charge in [-0.1, -0.05) is 38.4 Å². The maximum Gasteiger partial charge on any atom is 0.246 e. The number of hydrogen-bond donors (Lipinski definition) is 2. The lowest BCUT2D eigenvalue weighted by molar-refractivity contribution is -0.126. The summed E-state index contributed by atoms with van der Waals surface area (Å²) in [7, 11) is 0. The molecule has 2 aromatic rings. The Morgan fingerprint density at radius 3 is 2.69 bits per heavy atom. The molecule has 2 amide bonds. The molecule has 8 nitrogen and oxygen atoms in total. The number of amides is 2. The number of carbonyl (C=O) groups is 2. The lowest BCUT2D eigenvalue weighted by Crippen LogP contribution is -2.43. The molecule has 0 aliphatic carbocycles.